The van der Waals surface area contributed by atoms with E-state index >= 15 is 0 Å². The third-order valence-corrected chi connectivity index (χ3v) is 5.47. The molecule has 2 aromatic carbocycles. The maximum Gasteiger partial charge on any atom is 0.264 e. The van der Waals surface area contributed by atoms with Crippen LogP contribution in [0.15, 0.2) is 64.6 Å². The molecule has 0 spiro atoms. The van der Waals surface area contributed by atoms with Crippen molar-refractivity contribution in [3.8, 4) is 17.5 Å². The monoisotopic (exact) mass is 477 g/mol. The highest BCUT2D eigenvalue weighted by molar-refractivity contribution is 9.10. The topological polar surface area (TPSA) is 58.3 Å². The smallest absolute Gasteiger partial charge is 0.264 e. The van der Waals surface area contributed by atoms with Gasteiger partial charge in [-0.3, -0.25) is 4.79 Å². The lowest BCUT2D eigenvalue weighted by Gasteiger charge is -2.12. The predicted octanol–water partition coefficient (Wildman–Crippen LogP) is 5.43. The van der Waals surface area contributed by atoms with E-state index in [9.17, 15) is 10.1 Å². The van der Waals surface area contributed by atoms with Gasteiger partial charge >= 0.3 is 0 Å². The summed E-state index contributed by atoms with van der Waals surface area (Å²) in [4.78, 5) is 13.6. The molecule has 0 fully saturated rings. The van der Waals surface area contributed by atoms with E-state index in [2.05, 4.69) is 20.5 Å². The average Bonchev–Trinajstić information content (AvgIpc) is 3.04. The summed E-state index contributed by atoms with van der Waals surface area (Å²) in [5, 5.41) is 9.38. The Morgan fingerprint density at radius 1 is 1.13 bits per heavy atom. The molecule has 158 valence electrons. The molecule has 3 aromatic rings. The standard InChI is InChI=1S/C25H24BrN3O2/c1-17-13-20(14-21(15-27)25(30)28(3)4)18(2)29(17)23-9-11-24(12-10-23)31-16-19-5-7-22(26)8-6-19/h5-14H,16H2,1-4H3/b21-14-. The molecule has 0 aliphatic carbocycles. The molecule has 31 heavy (non-hydrogen) atoms. The molecule has 0 radical (unpaired) electrons. The highest BCUT2D eigenvalue weighted by atomic mass is 79.9. The molecule has 0 bridgehead atoms. The van der Waals surface area contributed by atoms with Gasteiger partial charge in [0, 0.05) is 35.6 Å². The first-order chi connectivity index (χ1) is 14.8. The predicted molar refractivity (Wildman–Crippen MR) is 126 cm³/mol. The second-order valence-corrected chi connectivity index (χ2v) is 8.36. The highest BCUT2D eigenvalue weighted by Crippen LogP contribution is 2.25. The molecule has 6 heteroatoms. The van der Waals surface area contributed by atoms with Gasteiger partial charge in [-0.2, -0.15) is 5.26 Å². The van der Waals surface area contributed by atoms with Crippen molar-refractivity contribution in [2.45, 2.75) is 20.5 Å². The number of hydrogen-bond acceptors (Lipinski definition) is 3. The van der Waals surface area contributed by atoms with E-state index in [4.69, 9.17) is 4.74 Å². The van der Waals surface area contributed by atoms with Gasteiger partial charge in [-0.05, 0) is 73.5 Å². The summed E-state index contributed by atoms with van der Waals surface area (Å²) >= 11 is 3.43. The van der Waals surface area contributed by atoms with Crippen molar-refractivity contribution in [3.63, 3.8) is 0 Å². The third kappa shape index (κ3) is 5.25. The van der Waals surface area contributed by atoms with Crippen LogP contribution in [-0.4, -0.2) is 29.5 Å². The van der Waals surface area contributed by atoms with Crippen LogP contribution in [0.3, 0.4) is 0 Å². The summed E-state index contributed by atoms with van der Waals surface area (Å²) < 4.78 is 9.03. The first-order valence-corrected chi connectivity index (χ1v) is 10.6. The second kappa shape index (κ2) is 9.67. The molecule has 5 nitrogen and oxygen atoms in total. The molecular weight excluding hydrogens is 454 g/mol. The van der Waals surface area contributed by atoms with E-state index in [0.29, 0.717) is 6.61 Å². The van der Waals surface area contributed by atoms with Crippen LogP contribution in [-0.2, 0) is 11.4 Å². The molecular formula is C25H24BrN3O2. The van der Waals surface area contributed by atoms with Gasteiger partial charge in [0.2, 0.25) is 0 Å². The lowest BCUT2D eigenvalue weighted by molar-refractivity contribution is -0.124. The fourth-order valence-corrected chi connectivity index (χ4v) is 3.57. The summed E-state index contributed by atoms with van der Waals surface area (Å²) in [6, 6.07) is 19.9. The zero-order chi connectivity index (χ0) is 22.5. The normalized spacial score (nSPS) is 11.2. The molecule has 1 heterocycles. The number of halogens is 1. The number of nitriles is 1. The highest BCUT2D eigenvalue weighted by Gasteiger charge is 2.15. The number of rotatable bonds is 6. The molecule has 0 aliphatic rings. The van der Waals surface area contributed by atoms with E-state index in [1.165, 1.54) is 4.90 Å². The number of hydrogen-bond donors (Lipinski definition) is 0. The van der Waals surface area contributed by atoms with Gasteiger partial charge in [0.25, 0.3) is 5.91 Å². The van der Waals surface area contributed by atoms with E-state index < -0.39 is 0 Å². The van der Waals surface area contributed by atoms with Gasteiger partial charge in [0.15, 0.2) is 0 Å². The first-order valence-electron chi connectivity index (χ1n) is 9.80. The number of carbonyl (C=O) groups is 1. The molecule has 1 amide bonds. The van der Waals surface area contributed by atoms with E-state index in [0.717, 1.165) is 38.4 Å². The molecule has 1 aromatic heterocycles. The van der Waals surface area contributed by atoms with Crippen LogP contribution in [0.4, 0.5) is 0 Å². The Balaban J connectivity index is 1.81. The molecule has 3 rings (SSSR count). The van der Waals surface area contributed by atoms with E-state index in [1.54, 1.807) is 20.2 Å². The van der Waals surface area contributed by atoms with Gasteiger partial charge in [-0.1, -0.05) is 28.1 Å². The van der Waals surface area contributed by atoms with E-state index in [-0.39, 0.29) is 11.5 Å². The van der Waals surface area contributed by atoms with Crippen molar-refractivity contribution < 1.29 is 9.53 Å². The van der Waals surface area contributed by atoms with Crippen LogP contribution in [0, 0.1) is 25.2 Å². The lowest BCUT2D eigenvalue weighted by Crippen LogP contribution is -2.22. The molecule has 0 unspecified atom stereocenters. The third-order valence-electron chi connectivity index (χ3n) is 4.94. The number of nitrogens with zero attached hydrogens (tertiary/aromatic N) is 3. The van der Waals surface area contributed by atoms with Gasteiger partial charge in [0.05, 0.1) is 0 Å². The van der Waals surface area contributed by atoms with Gasteiger partial charge in [-0.15, -0.1) is 0 Å². The average molecular weight is 478 g/mol. The number of likely N-dealkylation sites (N-methyl/N-ethyl adjacent to an activating group) is 1. The summed E-state index contributed by atoms with van der Waals surface area (Å²) in [6.07, 6.45) is 1.65. The van der Waals surface area contributed by atoms with Gasteiger partial charge < -0.3 is 14.2 Å². The minimum atomic E-state index is -0.306. The molecule has 0 saturated carbocycles. The minimum absolute atomic E-state index is 0.113. The van der Waals surface area contributed by atoms with Crippen LogP contribution in [0.25, 0.3) is 11.8 Å². The van der Waals surface area contributed by atoms with Crippen LogP contribution in [0.2, 0.25) is 0 Å². The lowest BCUT2D eigenvalue weighted by atomic mass is 10.1. The van der Waals surface area contributed by atoms with Crippen LogP contribution in [0.1, 0.15) is 22.5 Å². The van der Waals surface area contributed by atoms with Crippen molar-refractivity contribution >= 4 is 27.9 Å². The largest absolute Gasteiger partial charge is 0.489 e. The molecule has 0 N–H and O–H groups in total. The summed E-state index contributed by atoms with van der Waals surface area (Å²) in [5.41, 5.74) is 5.02. The van der Waals surface area contributed by atoms with Crippen molar-refractivity contribution in [1.29, 1.82) is 5.26 Å². The zero-order valence-electron chi connectivity index (χ0n) is 18.0. The Hall–Kier alpha value is -3.30. The summed E-state index contributed by atoms with van der Waals surface area (Å²) in [5.74, 6) is 0.483. The van der Waals surface area contributed by atoms with Gasteiger partial charge in [0.1, 0.15) is 24.0 Å². The minimum Gasteiger partial charge on any atom is -0.489 e. The van der Waals surface area contributed by atoms with Crippen molar-refractivity contribution in [2.24, 2.45) is 0 Å². The molecule has 0 aliphatic heterocycles. The van der Waals surface area contributed by atoms with Crippen molar-refractivity contribution in [2.75, 3.05) is 14.1 Å². The Kier molecular flexibility index (Phi) is 6.98. The summed E-state index contributed by atoms with van der Waals surface area (Å²) in [6.45, 7) is 4.48. The van der Waals surface area contributed by atoms with Crippen LogP contribution in [0.5, 0.6) is 5.75 Å². The molecule has 0 atom stereocenters. The fraction of sp³-hybridized carbons (Fsp3) is 0.200. The maximum atomic E-state index is 12.2. The quantitative estimate of drug-likeness (QED) is 0.351. The number of ether oxygens (including phenoxy) is 1. The van der Waals surface area contributed by atoms with E-state index in [1.807, 2.05) is 74.5 Å². The van der Waals surface area contributed by atoms with Gasteiger partial charge in [-0.25, -0.2) is 0 Å². The summed E-state index contributed by atoms with van der Waals surface area (Å²) in [7, 11) is 3.27. The second-order valence-electron chi connectivity index (χ2n) is 7.44. The number of aromatic nitrogens is 1. The zero-order valence-corrected chi connectivity index (χ0v) is 19.6. The first kappa shape index (κ1) is 22.4. The number of amides is 1. The Morgan fingerprint density at radius 3 is 2.35 bits per heavy atom. The Labute approximate surface area is 191 Å². The Bertz CT molecular complexity index is 1150. The van der Waals surface area contributed by atoms with Crippen molar-refractivity contribution in [1.82, 2.24) is 9.47 Å². The van der Waals surface area contributed by atoms with Crippen LogP contribution >= 0.6 is 15.9 Å². The number of aryl methyl sites for hydroxylation is 1. The maximum absolute atomic E-state index is 12.2. The number of carbonyl (C=O) groups excluding carboxylic acids is 1. The number of benzene rings is 2. The fourth-order valence-electron chi connectivity index (χ4n) is 3.31. The SMILES string of the molecule is Cc1cc(/C=C(/C#N)C(=O)N(C)C)c(C)n1-c1ccc(OCc2ccc(Br)cc2)cc1. The van der Waals surface area contributed by atoms with Crippen molar-refractivity contribution in [3.05, 3.63) is 87.2 Å². The molecule has 0 saturated heterocycles. The Morgan fingerprint density at radius 2 is 1.77 bits per heavy atom. The van der Waals surface area contributed by atoms with Crippen LogP contribution < -0.4 is 4.74 Å².